The van der Waals surface area contributed by atoms with E-state index in [1.165, 1.54) is 0 Å². The zero-order valence-corrected chi connectivity index (χ0v) is 11.9. The topological polar surface area (TPSA) is 54.0 Å². The monoisotopic (exact) mass is 262 g/mol. The Balaban J connectivity index is 3.57. The van der Waals surface area contributed by atoms with Gasteiger partial charge in [0.2, 0.25) is 0 Å². The van der Waals surface area contributed by atoms with Crippen LogP contribution in [0.15, 0.2) is 0 Å². The third kappa shape index (κ3) is 10.4. The summed E-state index contributed by atoms with van der Waals surface area (Å²) in [4.78, 5) is 11.3. The van der Waals surface area contributed by atoms with Gasteiger partial charge >= 0.3 is 6.16 Å². The molecule has 0 aliphatic carbocycles. The molecule has 108 valence electrons. The summed E-state index contributed by atoms with van der Waals surface area (Å²) < 4.78 is 20.6. The van der Waals surface area contributed by atoms with E-state index in [9.17, 15) is 4.79 Å². The molecular weight excluding hydrogens is 236 g/mol. The number of hydrogen-bond acceptors (Lipinski definition) is 5. The first-order chi connectivity index (χ1) is 8.60. The zero-order valence-electron chi connectivity index (χ0n) is 11.9. The molecule has 2 unspecified atom stereocenters. The van der Waals surface area contributed by atoms with Crippen molar-refractivity contribution in [2.75, 3.05) is 26.4 Å². The predicted octanol–water partition coefficient (Wildman–Crippen LogP) is 2.77. The van der Waals surface area contributed by atoms with Crippen LogP contribution < -0.4 is 0 Å². The maximum absolute atomic E-state index is 11.3. The Labute approximate surface area is 110 Å². The molecule has 0 rings (SSSR count). The molecule has 0 amide bonds. The molecule has 5 nitrogen and oxygen atoms in total. The second kappa shape index (κ2) is 11.3. The van der Waals surface area contributed by atoms with Crippen molar-refractivity contribution in [3.63, 3.8) is 0 Å². The quantitative estimate of drug-likeness (QED) is 0.447. The molecule has 5 heteroatoms. The summed E-state index contributed by atoms with van der Waals surface area (Å²) in [6.07, 6.45) is 0.818. The molecule has 0 aliphatic heterocycles. The number of rotatable bonds is 10. The van der Waals surface area contributed by atoms with Crippen LogP contribution in [0, 0.1) is 0 Å². The van der Waals surface area contributed by atoms with Crippen LogP contribution in [0.3, 0.4) is 0 Å². The lowest BCUT2D eigenvalue weighted by Crippen LogP contribution is -2.24. The Morgan fingerprint density at radius 3 is 2.28 bits per heavy atom. The van der Waals surface area contributed by atoms with Crippen LogP contribution in [0.5, 0.6) is 0 Å². The van der Waals surface area contributed by atoms with Crippen molar-refractivity contribution < 1.29 is 23.7 Å². The van der Waals surface area contributed by atoms with Crippen LogP contribution in [0.25, 0.3) is 0 Å². The van der Waals surface area contributed by atoms with Crippen molar-refractivity contribution >= 4 is 6.16 Å². The number of ether oxygens (including phenoxy) is 4. The standard InChI is InChI=1S/C13H26O5/c1-5-7-15-9-12(4)18-13(14)17-10-11(3)16-8-6-2/h11-12H,5-10H2,1-4H3. The van der Waals surface area contributed by atoms with Gasteiger partial charge in [-0.1, -0.05) is 13.8 Å². The van der Waals surface area contributed by atoms with E-state index in [2.05, 4.69) is 0 Å². The van der Waals surface area contributed by atoms with E-state index in [4.69, 9.17) is 18.9 Å². The first-order valence-electron chi connectivity index (χ1n) is 6.62. The van der Waals surface area contributed by atoms with Crippen molar-refractivity contribution in [1.29, 1.82) is 0 Å². The highest BCUT2D eigenvalue weighted by Crippen LogP contribution is 1.99. The summed E-state index contributed by atoms with van der Waals surface area (Å²) in [5.41, 5.74) is 0. The fraction of sp³-hybridized carbons (Fsp3) is 0.923. The average molecular weight is 262 g/mol. The minimum absolute atomic E-state index is 0.107. The first-order valence-corrected chi connectivity index (χ1v) is 6.62. The molecule has 18 heavy (non-hydrogen) atoms. The molecule has 0 fully saturated rings. The van der Waals surface area contributed by atoms with Crippen molar-refractivity contribution in [3.8, 4) is 0 Å². The van der Waals surface area contributed by atoms with Gasteiger partial charge in [0.1, 0.15) is 12.7 Å². The summed E-state index contributed by atoms with van der Waals surface area (Å²) in [6, 6.07) is 0. The molecule has 0 aromatic heterocycles. The van der Waals surface area contributed by atoms with Gasteiger partial charge in [-0.2, -0.15) is 0 Å². The highest BCUT2D eigenvalue weighted by atomic mass is 16.7. The van der Waals surface area contributed by atoms with Gasteiger partial charge < -0.3 is 18.9 Å². The Bertz CT molecular complexity index is 208. The number of hydrogen-bond donors (Lipinski definition) is 0. The molecule has 0 bridgehead atoms. The maximum atomic E-state index is 11.3. The van der Waals surface area contributed by atoms with Crippen molar-refractivity contribution in [2.45, 2.75) is 52.7 Å². The zero-order chi connectivity index (χ0) is 13.8. The largest absolute Gasteiger partial charge is 0.508 e. The van der Waals surface area contributed by atoms with E-state index >= 15 is 0 Å². The molecule has 0 saturated carbocycles. The normalized spacial score (nSPS) is 14.0. The summed E-state index contributed by atoms with van der Waals surface area (Å²) in [6.45, 7) is 9.62. The average Bonchev–Trinajstić information content (AvgIpc) is 2.34. The molecular formula is C13H26O5. The Morgan fingerprint density at radius 2 is 1.67 bits per heavy atom. The molecule has 0 radical (unpaired) electrons. The van der Waals surface area contributed by atoms with E-state index in [1.54, 1.807) is 6.92 Å². The molecule has 0 spiro atoms. The van der Waals surface area contributed by atoms with E-state index in [-0.39, 0.29) is 18.8 Å². The molecule has 0 N–H and O–H groups in total. The van der Waals surface area contributed by atoms with Crippen LogP contribution >= 0.6 is 0 Å². The predicted molar refractivity (Wildman–Crippen MR) is 68.7 cm³/mol. The second-order valence-corrected chi connectivity index (χ2v) is 4.25. The van der Waals surface area contributed by atoms with E-state index in [0.717, 1.165) is 12.8 Å². The Morgan fingerprint density at radius 1 is 1.00 bits per heavy atom. The fourth-order valence-electron chi connectivity index (χ4n) is 1.18. The van der Waals surface area contributed by atoms with Gasteiger partial charge in [-0.25, -0.2) is 4.79 Å². The summed E-state index contributed by atoms with van der Waals surface area (Å²) in [5.74, 6) is 0. The van der Waals surface area contributed by atoms with Gasteiger partial charge in [0.05, 0.1) is 12.7 Å². The maximum Gasteiger partial charge on any atom is 0.508 e. The molecule has 0 aromatic rings. The minimum Gasteiger partial charge on any atom is -0.432 e. The number of carbonyl (C=O) groups excluding carboxylic acids is 1. The van der Waals surface area contributed by atoms with Gasteiger partial charge in [-0.3, -0.25) is 0 Å². The lowest BCUT2D eigenvalue weighted by atomic mass is 10.4. The highest BCUT2D eigenvalue weighted by molar-refractivity contribution is 5.60. The third-order valence-corrected chi connectivity index (χ3v) is 2.04. The van der Waals surface area contributed by atoms with Crippen LogP contribution in [-0.2, 0) is 18.9 Å². The fourth-order valence-corrected chi connectivity index (χ4v) is 1.18. The smallest absolute Gasteiger partial charge is 0.432 e. The van der Waals surface area contributed by atoms with E-state index in [0.29, 0.717) is 19.8 Å². The molecule has 0 aliphatic rings. The van der Waals surface area contributed by atoms with Crippen molar-refractivity contribution in [1.82, 2.24) is 0 Å². The van der Waals surface area contributed by atoms with E-state index in [1.807, 2.05) is 20.8 Å². The van der Waals surface area contributed by atoms with E-state index < -0.39 is 6.16 Å². The van der Waals surface area contributed by atoms with Gasteiger partial charge in [0.15, 0.2) is 0 Å². The Hall–Kier alpha value is -0.810. The van der Waals surface area contributed by atoms with Crippen molar-refractivity contribution in [2.24, 2.45) is 0 Å². The number of carbonyl (C=O) groups is 1. The van der Waals surface area contributed by atoms with Crippen LogP contribution in [0.1, 0.15) is 40.5 Å². The molecule has 2 atom stereocenters. The van der Waals surface area contributed by atoms with Crippen LogP contribution in [0.4, 0.5) is 4.79 Å². The van der Waals surface area contributed by atoms with Gasteiger partial charge in [0, 0.05) is 13.2 Å². The molecule has 0 heterocycles. The van der Waals surface area contributed by atoms with Gasteiger partial charge in [0.25, 0.3) is 0 Å². The second-order valence-electron chi connectivity index (χ2n) is 4.25. The van der Waals surface area contributed by atoms with Crippen LogP contribution in [-0.4, -0.2) is 44.8 Å². The Kier molecular flexibility index (Phi) is 10.8. The summed E-state index contributed by atoms with van der Waals surface area (Å²) in [7, 11) is 0. The van der Waals surface area contributed by atoms with Crippen molar-refractivity contribution in [3.05, 3.63) is 0 Å². The van der Waals surface area contributed by atoms with Gasteiger partial charge in [-0.15, -0.1) is 0 Å². The SMILES string of the molecule is CCCOCC(C)OC(=O)OCC(C)OCCC. The molecule has 0 aromatic carbocycles. The van der Waals surface area contributed by atoms with Gasteiger partial charge in [-0.05, 0) is 26.7 Å². The summed E-state index contributed by atoms with van der Waals surface area (Å²) in [5, 5.41) is 0. The molecule has 0 saturated heterocycles. The lowest BCUT2D eigenvalue weighted by molar-refractivity contribution is -0.0340. The lowest BCUT2D eigenvalue weighted by Gasteiger charge is -2.15. The highest BCUT2D eigenvalue weighted by Gasteiger charge is 2.12. The first kappa shape index (κ1) is 17.2. The minimum atomic E-state index is -0.672. The third-order valence-electron chi connectivity index (χ3n) is 2.04. The van der Waals surface area contributed by atoms with Crippen LogP contribution in [0.2, 0.25) is 0 Å². The summed E-state index contributed by atoms with van der Waals surface area (Å²) >= 11 is 0.